The van der Waals surface area contributed by atoms with Gasteiger partial charge in [-0.25, -0.2) is 4.79 Å². The molecule has 2 rings (SSSR count). The molecule has 0 fully saturated rings. The fraction of sp³-hybridized carbons (Fsp3) is 0.188. The zero-order chi connectivity index (χ0) is 19.5. The molecule has 140 valence electrons. The lowest BCUT2D eigenvalue weighted by Crippen LogP contribution is -2.19. The first-order valence-electron chi connectivity index (χ1n) is 6.83. The van der Waals surface area contributed by atoms with Gasteiger partial charge in [0.1, 0.15) is 17.1 Å². The Morgan fingerprint density at radius 2 is 1.42 bits per heavy atom. The number of rotatable bonds is 4. The summed E-state index contributed by atoms with van der Waals surface area (Å²) in [6.07, 6.45) is -10.1. The number of alkyl halides is 6. The van der Waals surface area contributed by atoms with Gasteiger partial charge in [-0.15, -0.1) is 26.3 Å². The SMILES string of the molecule is COC(=O)c1ccc(-c2ccccc2OC(F)(F)F)cc1OC(F)(F)F. The van der Waals surface area contributed by atoms with Crippen LogP contribution in [0.3, 0.4) is 0 Å². The van der Waals surface area contributed by atoms with Crippen LogP contribution in [0.1, 0.15) is 10.4 Å². The van der Waals surface area contributed by atoms with Gasteiger partial charge in [-0.2, -0.15) is 0 Å². The predicted molar refractivity (Wildman–Crippen MR) is 76.6 cm³/mol. The van der Waals surface area contributed by atoms with Crippen LogP contribution in [0.2, 0.25) is 0 Å². The van der Waals surface area contributed by atoms with Crippen molar-refractivity contribution in [2.24, 2.45) is 0 Å². The molecule has 0 saturated heterocycles. The summed E-state index contributed by atoms with van der Waals surface area (Å²) >= 11 is 0. The van der Waals surface area contributed by atoms with E-state index in [1.54, 1.807) is 0 Å². The number of halogens is 6. The van der Waals surface area contributed by atoms with Gasteiger partial charge in [0.2, 0.25) is 0 Å². The molecule has 2 aromatic carbocycles. The number of carbonyl (C=O) groups excluding carboxylic acids is 1. The Morgan fingerprint density at radius 1 is 0.846 bits per heavy atom. The second-order valence-corrected chi connectivity index (χ2v) is 4.79. The van der Waals surface area contributed by atoms with E-state index in [-0.39, 0.29) is 11.1 Å². The number of carbonyl (C=O) groups is 1. The summed E-state index contributed by atoms with van der Waals surface area (Å²) in [6.45, 7) is 0. The highest BCUT2D eigenvalue weighted by Crippen LogP contribution is 2.37. The number of para-hydroxylation sites is 1. The molecule has 0 amide bonds. The fourth-order valence-electron chi connectivity index (χ4n) is 2.10. The molecule has 0 N–H and O–H groups in total. The zero-order valence-electron chi connectivity index (χ0n) is 12.9. The summed E-state index contributed by atoms with van der Waals surface area (Å²) in [5.41, 5.74) is -0.771. The maximum absolute atomic E-state index is 12.6. The van der Waals surface area contributed by atoms with Gasteiger partial charge >= 0.3 is 18.7 Å². The molecule has 0 spiro atoms. The second kappa shape index (κ2) is 7.14. The molecular weight excluding hydrogens is 370 g/mol. The van der Waals surface area contributed by atoms with E-state index in [1.807, 2.05) is 0 Å². The van der Waals surface area contributed by atoms with Crippen molar-refractivity contribution >= 4 is 5.97 Å². The summed E-state index contributed by atoms with van der Waals surface area (Å²) in [5, 5.41) is 0. The van der Waals surface area contributed by atoms with Gasteiger partial charge in [0, 0.05) is 5.56 Å². The minimum absolute atomic E-state index is 0.0863. The molecule has 0 heterocycles. The van der Waals surface area contributed by atoms with Gasteiger partial charge in [0.05, 0.1) is 7.11 Å². The van der Waals surface area contributed by atoms with Crippen LogP contribution in [0, 0.1) is 0 Å². The third kappa shape index (κ3) is 5.04. The van der Waals surface area contributed by atoms with Crippen molar-refractivity contribution in [3.8, 4) is 22.6 Å². The molecule has 2 aromatic rings. The number of hydrogen-bond donors (Lipinski definition) is 0. The average molecular weight is 380 g/mol. The maximum Gasteiger partial charge on any atom is 0.573 e. The van der Waals surface area contributed by atoms with E-state index in [2.05, 4.69) is 14.2 Å². The van der Waals surface area contributed by atoms with Crippen LogP contribution >= 0.6 is 0 Å². The minimum Gasteiger partial charge on any atom is -0.465 e. The van der Waals surface area contributed by atoms with E-state index < -0.39 is 35.8 Å². The van der Waals surface area contributed by atoms with Crippen molar-refractivity contribution in [2.75, 3.05) is 7.11 Å². The molecule has 10 heteroatoms. The van der Waals surface area contributed by atoms with E-state index >= 15 is 0 Å². The molecule has 0 aliphatic rings. The topological polar surface area (TPSA) is 44.8 Å². The summed E-state index contributed by atoms with van der Waals surface area (Å²) in [6, 6.07) is 7.73. The first kappa shape index (κ1) is 19.4. The fourth-order valence-corrected chi connectivity index (χ4v) is 2.10. The highest BCUT2D eigenvalue weighted by molar-refractivity contribution is 5.93. The second-order valence-electron chi connectivity index (χ2n) is 4.79. The summed E-state index contributed by atoms with van der Waals surface area (Å²) < 4.78 is 87.3. The number of hydrogen-bond acceptors (Lipinski definition) is 4. The van der Waals surface area contributed by atoms with Crippen molar-refractivity contribution in [3.63, 3.8) is 0 Å². The van der Waals surface area contributed by atoms with Gasteiger partial charge in [-0.1, -0.05) is 24.3 Å². The molecule has 26 heavy (non-hydrogen) atoms. The van der Waals surface area contributed by atoms with Crippen LogP contribution in [0.5, 0.6) is 11.5 Å². The molecule has 0 aliphatic heterocycles. The van der Waals surface area contributed by atoms with Crippen LogP contribution < -0.4 is 9.47 Å². The molecule has 0 atom stereocenters. The number of esters is 1. The van der Waals surface area contributed by atoms with Crippen molar-refractivity contribution in [1.82, 2.24) is 0 Å². The summed E-state index contributed by atoms with van der Waals surface area (Å²) in [4.78, 5) is 11.6. The lowest BCUT2D eigenvalue weighted by Gasteiger charge is -2.16. The number of ether oxygens (including phenoxy) is 3. The third-order valence-corrected chi connectivity index (χ3v) is 3.04. The Labute approximate surface area is 142 Å². The van der Waals surface area contributed by atoms with Gasteiger partial charge < -0.3 is 14.2 Å². The molecule has 4 nitrogen and oxygen atoms in total. The van der Waals surface area contributed by atoms with Crippen LogP contribution in [0.15, 0.2) is 42.5 Å². The molecule has 0 unspecified atom stereocenters. The molecule has 0 radical (unpaired) electrons. The van der Waals surface area contributed by atoms with E-state index in [0.29, 0.717) is 0 Å². The Balaban J connectivity index is 2.55. The molecule has 0 saturated carbocycles. The van der Waals surface area contributed by atoms with Crippen molar-refractivity contribution < 1.29 is 45.3 Å². The Morgan fingerprint density at radius 3 is 2.00 bits per heavy atom. The monoisotopic (exact) mass is 380 g/mol. The number of benzene rings is 2. The predicted octanol–water partition coefficient (Wildman–Crippen LogP) is 4.94. The average Bonchev–Trinajstić information content (AvgIpc) is 2.51. The molecule has 0 aliphatic carbocycles. The van der Waals surface area contributed by atoms with Gasteiger partial charge in [0.15, 0.2) is 0 Å². The first-order valence-corrected chi connectivity index (χ1v) is 6.83. The highest BCUT2D eigenvalue weighted by atomic mass is 19.4. The van der Waals surface area contributed by atoms with Crippen molar-refractivity contribution in [1.29, 1.82) is 0 Å². The molecule has 0 aromatic heterocycles. The standard InChI is InChI=1S/C16H10F6O4/c1-24-14(23)11-7-6-9(8-13(11)26-16(20,21)22)10-4-2-3-5-12(10)25-15(17,18)19/h2-8H,1H3. The van der Waals surface area contributed by atoms with E-state index in [4.69, 9.17) is 0 Å². The molecule has 0 bridgehead atoms. The summed E-state index contributed by atoms with van der Waals surface area (Å²) in [7, 11) is 0.958. The number of methoxy groups -OCH3 is 1. The first-order chi connectivity index (χ1) is 12.0. The molecular formula is C16H10F6O4. The Kier molecular flexibility index (Phi) is 5.33. The van der Waals surface area contributed by atoms with Gasteiger partial charge in [-0.3, -0.25) is 0 Å². The van der Waals surface area contributed by atoms with Gasteiger partial charge in [0.25, 0.3) is 0 Å². The Hall–Kier alpha value is -2.91. The quantitative estimate of drug-likeness (QED) is 0.557. The van der Waals surface area contributed by atoms with Crippen LogP contribution in [-0.2, 0) is 4.74 Å². The van der Waals surface area contributed by atoms with Crippen molar-refractivity contribution in [2.45, 2.75) is 12.7 Å². The van der Waals surface area contributed by atoms with E-state index in [0.717, 1.165) is 31.4 Å². The largest absolute Gasteiger partial charge is 0.573 e. The minimum atomic E-state index is -5.12. The lowest BCUT2D eigenvalue weighted by atomic mass is 10.0. The van der Waals surface area contributed by atoms with Crippen LogP contribution in [-0.4, -0.2) is 25.8 Å². The normalized spacial score (nSPS) is 11.8. The summed E-state index contributed by atoms with van der Waals surface area (Å²) in [5.74, 6) is -2.64. The van der Waals surface area contributed by atoms with Gasteiger partial charge in [-0.05, 0) is 23.8 Å². The van der Waals surface area contributed by atoms with E-state index in [1.165, 1.54) is 18.2 Å². The highest BCUT2D eigenvalue weighted by Gasteiger charge is 2.34. The Bertz CT molecular complexity index is 798. The maximum atomic E-state index is 12.6. The third-order valence-electron chi connectivity index (χ3n) is 3.04. The van der Waals surface area contributed by atoms with Crippen LogP contribution in [0.25, 0.3) is 11.1 Å². The van der Waals surface area contributed by atoms with E-state index in [9.17, 15) is 31.1 Å². The lowest BCUT2D eigenvalue weighted by molar-refractivity contribution is -0.275. The van der Waals surface area contributed by atoms with Crippen molar-refractivity contribution in [3.05, 3.63) is 48.0 Å². The smallest absolute Gasteiger partial charge is 0.465 e. The van der Waals surface area contributed by atoms with Crippen LogP contribution in [0.4, 0.5) is 26.3 Å². The zero-order valence-corrected chi connectivity index (χ0v) is 12.9.